The number of phosphoric acid groups is 2. The molecular weight excluding hydrogens is 1330 g/mol. The van der Waals surface area contributed by atoms with E-state index in [0.717, 1.165) is 180 Å². The third-order valence-corrected chi connectivity index (χ3v) is 17.4. The van der Waals surface area contributed by atoms with Crippen LogP contribution >= 0.6 is 15.6 Å². The Bertz CT molecular complexity index is 2550. The lowest BCUT2D eigenvalue weighted by molar-refractivity contribution is -0.161. The van der Waals surface area contributed by atoms with Crippen molar-refractivity contribution in [3.63, 3.8) is 0 Å². The van der Waals surface area contributed by atoms with Crippen LogP contribution in [0.1, 0.15) is 285 Å². The molecule has 0 saturated heterocycles. The summed E-state index contributed by atoms with van der Waals surface area (Å²) in [6, 6.07) is 0. The van der Waals surface area contributed by atoms with Crippen LogP contribution in [0.4, 0.5) is 0 Å². The molecule has 3 N–H and O–H groups in total. The van der Waals surface area contributed by atoms with E-state index in [2.05, 4.69) is 186 Å². The van der Waals surface area contributed by atoms with Gasteiger partial charge in [-0.3, -0.25) is 37.3 Å². The van der Waals surface area contributed by atoms with Crippen molar-refractivity contribution in [2.75, 3.05) is 39.6 Å². The smallest absolute Gasteiger partial charge is 0.462 e. The summed E-state index contributed by atoms with van der Waals surface area (Å²) >= 11 is 0. The summed E-state index contributed by atoms with van der Waals surface area (Å²) < 4.78 is 68.4. The first-order chi connectivity index (χ1) is 49.7. The number of carbonyl (C=O) groups is 4. The molecule has 0 radical (unpaired) electrons. The minimum atomic E-state index is -5.00. The van der Waals surface area contributed by atoms with E-state index in [9.17, 15) is 43.2 Å². The van der Waals surface area contributed by atoms with Crippen molar-refractivity contribution in [2.45, 2.75) is 303 Å². The maximum Gasteiger partial charge on any atom is 0.472 e. The van der Waals surface area contributed by atoms with Gasteiger partial charge in [0.25, 0.3) is 0 Å². The van der Waals surface area contributed by atoms with Gasteiger partial charge in [-0.15, -0.1) is 0 Å². The summed E-state index contributed by atoms with van der Waals surface area (Å²) in [7, 11) is -9.99. The summed E-state index contributed by atoms with van der Waals surface area (Å²) in [5.74, 6) is -2.30. The highest BCUT2D eigenvalue weighted by molar-refractivity contribution is 7.47. The lowest BCUT2D eigenvalue weighted by Crippen LogP contribution is -2.30. The summed E-state index contributed by atoms with van der Waals surface area (Å²) in [6.45, 7) is 4.38. The molecule has 0 aromatic heterocycles. The predicted molar refractivity (Wildman–Crippen MR) is 417 cm³/mol. The molecule has 580 valence electrons. The molecule has 0 amide bonds. The average molecular weight is 1470 g/mol. The topological polar surface area (TPSA) is 237 Å². The fraction of sp³-hybridized carbons (Fsp3) is 0.639. The predicted octanol–water partition coefficient (Wildman–Crippen LogP) is 22.4. The van der Waals surface area contributed by atoms with Crippen LogP contribution in [0.25, 0.3) is 0 Å². The SMILES string of the molecule is CC/C=C\C/C=C\C/C=C\C/C=C\C/C=C\CCCCCC(=O)OCC(COP(=O)(O)OCC(O)COP(=O)(O)OCC(COC(=O)CCCC/C=C\C/C=C\C/C=C\C/C=C\CC)OC(=O)CCCCCCC/C=C\CCCCCC)OC(=O)CCCCCCC/C=C\C/C=C\C/C=C\CC. The first kappa shape index (κ1) is 96.7. The van der Waals surface area contributed by atoms with Crippen molar-refractivity contribution in [1.82, 2.24) is 0 Å². The molecule has 5 unspecified atom stereocenters. The number of rotatable bonds is 71. The van der Waals surface area contributed by atoms with Gasteiger partial charge in [-0.05, 0) is 167 Å². The van der Waals surface area contributed by atoms with Crippen LogP contribution in [-0.2, 0) is 65.4 Å². The number of unbranched alkanes of at least 4 members (excludes halogenated alkanes) is 19. The van der Waals surface area contributed by atoms with Gasteiger partial charge in [0.2, 0.25) is 0 Å². The van der Waals surface area contributed by atoms with E-state index >= 15 is 0 Å². The molecule has 0 heterocycles. The molecule has 17 nitrogen and oxygen atoms in total. The highest BCUT2D eigenvalue weighted by atomic mass is 31.2. The van der Waals surface area contributed by atoms with Crippen LogP contribution < -0.4 is 0 Å². The second-order valence-electron chi connectivity index (χ2n) is 25.1. The third-order valence-electron chi connectivity index (χ3n) is 15.5. The van der Waals surface area contributed by atoms with Crippen molar-refractivity contribution < 1.29 is 80.2 Å². The number of hydrogen-bond donors (Lipinski definition) is 3. The Hall–Kier alpha value is -5.32. The van der Waals surface area contributed by atoms with Gasteiger partial charge in [-0.25, -0.2) is 9.13 Å². The van der Waals surface area contributed by atoms with Gasteiger partial charge in [-0.2, -0.15) is 0 Å². The maximum atomic E-state index is 13.1. The Morgan fingerprint density at radius 1 is 0.284 bits per heavy atom. The van der Waals surface area contributed by atoms with Crippen LogP contribution in [0.2, 0.25) is 0 Å². The number of phosphoric ester groups is 2. The van der Waals surface area contributed by atoms with Crippen molar-refractivity contribution in [3.8, 4) is 0 Å². The quantitative estimate of drug-likeness (QED) is 0.0169. The molecule has 0 aliphatic heterocycles. The molecule has 0 spiro atoms. The molecular formula is C83H136O17P2. The minimum Gasteiger partial charge on any atom is -0.462 e. The third kappa shape index (κ3) is 73.0. The number of esters is 4. The lowest BCUT2D eigenvalue weighted by atomic mass is 10.1. The number of allylic oxidation sites excluding steroid dienone is 26. The monoisotopic (exact) mass is 1470 g/mol. The Labute approximate surface area is 617 Å². The zero-order valence-corrected chi connectivity index (χ0v) is 65.0. The van der Waals surface area contributed by atoms with E-state index in [1.807, 2.05) is 0 Å². The number of aliphatic hydroxyl groups is 1. The Balaban J connectivity index is 5.44. The van der Waals surface area contributed by atoms with Gasteiger partial charge >= 0.3 is 39.5 Å². The van der Waals surface area contributed by atoms with E-state index in [1.54, 1.807) is 0 Å². The number of hydrogen-bond acceptors (Lipinski definition) is 15. The van der Waals surface area contributed by atoms with Gasteiger partial charge in [0.15, 0.2) is 12.2 Å². The highest BCUT2D eigenvalue weighted by Crippen LogP contribution is 2.45. The fourth-order valence-corrected chi connectivity index (χ4v) is 11.2. The van der Waals surface area contributed by atoms with Gasteiger partial charge in [0.05, 0.1) is 26.4 Å². The maximum absolute atomic E-state index is 13.1. The van der Waals surface area contributed by atoms with Crippen molar-refractivity contribution in [2.24, 2.45) is 0 Å². The normalized spacial score (nSPS) is 14.8. The molecule has 0 aromatic carbocycles. The van der Waals surface area contributed by atoms with Gasteiger partial charge in [-0.1, -0.05) is 250 Å². The van der Waals surface area contributed by atoms with E-state index in [0.29, 0.717) is 25.7 Å². The van der Waals surface area contributed by atoms with Gasteiger partial charge in [0.1, 0.15) is 19.3 Å². The summed E-state index contributed by atoms with van der Waals surface area (Å²) in [5, 5.41) is 10.6. The van der Waals surface area contributed by atoms with E-state index in [-0.39, 0.29) is 25.7 Å². The van der Waals surface area contributed by atoms with E-state index < -0.39 is 97.5 Å². The van der Waals surface area contributed by atoms with Crippen LogP contribution in [-0.4, -0.2) is 96.7 Å². The molecule has 0 rings (SSSR count). The Morgan fingerprint density at radius 3 is 0.824 bits per heavy atom. The van der Waals surface area contributed by atoms with Crippen molar-refractivity contribution in [3.05, 3.63) is 158 Å². The fourth-order valence-electron chi connectivity index (χ4n) is 9.66. The average Bonchev–Trinajstić information content (AvgIpc) is 0.924. The molecule has 0 bridgehead atoms. The lowest BCUT2D eigenvalue weighted by Gasteiger charge is -2.21. The molecule has 0 aromatic rings. The largest absolute Gasteiger partial charge is 0.472 e. The summed E-state index contributed by atoms with van der Waals surface area (Å²) in [4.78, 5) is 72.9. The zero-order chi connectivity index (χ0) is 74.6. The summed E-state index contributed by atoms with van der Waals surface area (Å²) in [6.07, 6.45) is 85.2. The van der Waals surface area contributed by atoms with E-state index in [4.69, 9.17) is 37.0 Å². The molecule has 0 saturated carbocycles. The molecule has 0 fully saturated rings. The van der Waals surface area contributed by atoms with Crippen molar-refractivity contribution >= 4 is 39.5 Å². The number of aliphatic hydroxyl groups excluding tert-OH is 1. The number of ether oxygens (including phenoxy) is 4. The Kier molecular flexibility index (Phi) is 70.1. The van der Waals surface area contributed by atoms with Crippen LogP contribution in [0.15, 0.2) is 158 Å². The molecule has 5 atom stereocenters. The van der Waals surface area contributed by atoms with Gasteiger partial charge < -0.3 is 33.8 Å². The zero-order valence-electron chi connectivity index (χ0n) is 63.2. The molecule has 0 aliphatic carbocycles. The minimum absolute atomic E-state index is 0.0614. The first-order valence-electron chi connectivity index (χ1n) is 38.7. The molecule has 102 heavy (non-hydrogen) atoms. The van der Waals surface area contributed by atoms with Gasteiger partial charge in [0, 0.05) is 25.7 Å². The van der Waals surface area contributed by atoms with Crippen molar-refractivity contribution in [1.29, 1.82) is 0 Å². The second kappa shape index (κ2) is 74.0. The van der Waals surface area contributed by atoms with E-state index in [1.165, 1.54) is 25.7 Å². The highest BCUT2D eigenvalue weighted by Gasteiger charge is 2.30. The Morgan fingerprint density at radius 2 is 0.510 bits per heavy atom. The van der Waals surface area contributed by atoms with Crippen LogP contribution in [0.5, 0.6) is 0 Å². The second-order valence-corrected chi connectivity index (χ2v) is 28.1. The molecule has 0 aliphatic rings. The molecule has 19 heteroatoms. The first-order valence-corrected chi connectivity index (χ1v) is 41.7. The van der Waals surface area contributed by atoms with Crippen LogP contribution in [0.3, 0.4) is 0 Å². The number of carbonyl (C=O) groups excluding carboxylic acids is 4. The standard InChI is InChI=1S/C83H136O17P2/c1-5-9-13-17-21-25-29-33-36-37-38-39-42-45-48-52-56-60-64-68-81(86)94-74-79(100-83(88)70-66-62-58-54-50-46-41-35-31-27-23-19-15-11-7-3)76-98-102(91,92)96-72-77(84)71-95-101(89,90)97-75-78(99-82(87)69-65-61-57-53-49-43-32-28-24-20-16-12-8-4)73-93-80(85)67-63-59-55-51-47-44-40-34-30-26-22-18-14-10-6-2/h9-11,13-15,21-23,25-28,32-36,38-41,45,47-48,51,77-79,84H,5-8,12,16-20,24,29-31,37,42-44,46,49-50,52-76H2,1-4H3,(H,89,90)(H,91,92)/b13-9-,14-10-,15-11-,25-21-,26-22-,27-23-,32-28-,36-33-,39-38-,40-34-,41-35-,48-45-,51-47-. The van der Waals surface area contributed by atoms with Crippen LogP contribution in [0, 0.1) is 0 Å². The summed E-state index contributed by atoms with van der Waals surface area (Å²) in [5.41, 5.74) is 0.